The van der Waals surface area contributed by atoms with Crippen LogP contribution in [0.15, 0.2) is 48.5 Å². The van der Waals surface area contributed by atoms with Gasteiger partial charge in [-0.3, -0.25) is 9.59 Å². The van der Waals surface area contributed by atoms with Crippen LogP contribution in [0.4, 0.5) is 14.5 Å². The molecule has 0 aliphatic carbocycles. The number of amides is 2. The average molecular weight is 336 g/mol. The topological polar surface area (TPSA) is 90.7 Å². The van der Waals surface area contributed by atoms with E-state index in [0.29, 0.717) is 11.4 Å². The zero-order valence-electron chi connectivity index (χ0n) is 12.4. The summed E-state index contributed by atoms with van der Waals surface area (Å²) >= 11 is 0. The molecule has 0 unspecified atom stereocenters. The molecule has 2 rings (SSSR count). The molecule has 0 fully saturated rings. The van der Waals surface area contributed by atoms with Crippen LogP contribution in [0, 0.1) is 0 Å². The second-order valence-corrected chi connectivity index (χ2v) is 4.64. The first-order valence-corrected chi connectivity index (χ1v) is 6.81. The molecule has 126 valence electrons. The maximum Gasteiger partial charge on any atom is 0.387 e. The zero-order chi connectivity index (χ0) is 17.5. The number of alkyl halides is 2. The van der Waals surface area contributed by atoms with Gasteiger partial charge in [0.05, 0.1) is 0 Å². The SMILES string of the molecule is NC(=O)COc1cccc(NC(=O)c2ccc(OC(F)F)cc2)c1. The highest BCUT2D eigenvalue weighted by Gasteiger charge is 2.09. The van der Waals surface area contributed by atoms with Gasteiger partial charge in [0.25, 0.3) is 11.8 Å². The van der Waals surface area contributed by atoms with Gasteiger partial charge in [-0.15, -0.1) is 0 Å². The number of carbonyl (C=O) groups is 2. The molecule has 2 aromatic carbocycles. The predicted molar refractivity (Wildman–Crippen MR) is 82.2 cm³/mol. The molecule has 0 saturated heterocycles. The van der Waals surface area contributed by atoms with E-state index < -0.39 is 18.4 Å². The first-order chi connectivity index (χ1) is 11.4. The molecule has 2 amide bonds. The Morgan fingerprint density at radius 3 is 2.42 bits per heavy atom. The third-order valence-corrected chi connectivity index (χ3v) is 2.81. The Hall–Kier alpha value is -3.16. The molecule has 6 nitrogen and oxygen atoms in total. The monoisotopic (exact) mass is 336 g/mol. The van der Waals surface area contributed by atoms with Crippen LogP contribution in [0.25, 0.3) is 0 Å². The first-order valence-electron chi connectivity index (χ1n) is 6.81. The highest BCUT2D eigenvalue weighted by molar-refractivity contribution is 6.04. The normalized spacial score (nSPS) is 10.3. The second-order valence-electron chi connectivity index (χ2n) is 4.64. The van der Waals surface area contributed by atoms with Crippen LogP contribution in [0.5, 0.6) is 11.5 Å². The number of anilines is 1. The molecular formula is C16H14F2N2O4. The second kappa shape index (κ2) is 7.91. The molecule has 0 aliphatic rings. The maximum absolute atomic E-state index is 12.1. The molecule has 0 bridgehead atoms. The Balaban J connectivity index is 2.01. The summed E-state index contributed by atoms with van der Waals surface area (Å²) in [7, 11) is 0. The molecular weight excluding hydrogens is 322 g/mol. The first kappa shape index (κ1) is 17.2. The van der Waals surface area contributed by atoms with Gasteiger partial charge >= 0.3 is 6.61 Å². The van der Waals surface area contributed by atoms with E-state index in [1.165, 1.54) is 30.3 Å². The van der Waals surface area contributed by atoms with Crippen molar-refractivity contribution in [2.45, 2.75) is 6.61 Å². The van der Waals surface area contributed by atoms with Gasteiger partial charge in [-0.2, -0.15) is 8.78 Å². The van der Waals surface area contributed by atoms with Gasteiger partial charge in [0.15, 0.2) is 6.61 Å². The van der Waals surface area contributed by atoms with Crippen molar-refractivity contribution in [2.24, 2.45) is 5.73 Å². The fraction of sp³-hybridized carbons (Fsp3) is 0.125. The van der Waals surface area contributed by atoms with Crippen molar-refractivity contribution < 1.29 is 27.8 Å². The molecule has 3 N–H and O–H groups in total. The van der Waals surface area contributed by atoms with Crippen LogP contribution in [0.1, 0.15) is 10.4 Å². The van der Waals surface area contributed by atoms with Gasteiger partial charge in [-0.1, -0.05) is 6.07 Å². The summed E-state index contributed by atoms with van der Waals surface area (Å²) in [4.78, 5) is 22.8. The van der Waals surface area contributed by atoms with Crippen molar-refractivity contribution in [1.29, 1.82) is 0 Å². The third-order valence-electron chi connectivity index (χ3n) is 2.81. The van der Waals surface area contributed by atoms with E-state index in [1.807, 2.05) is 0 Å². The molecule has 0 aliphatic heterocycles. The summed E-state index contributed by atoms with van der Waals surface area (Å²) in [5.74, 6) is -0.725. The van der Waals surface area contributed by atoms with E-state index >= 15 is 0 Å². The fourth-order valence-corrected chi connectivity index (χ4v) is 1.81. The summed E-state index contributed by atoms with van der Waals surface area (Å²) in [5.41, 5.74) is 5.69. The van der Waals surface area contributed by atoms with Gasteiger partial charge in [0.1, 0.15) is 11.5 Å². The van der Waals surface area contributed by atoms with E-state index in [-0.39, 0.29) is 17.9 Å². The van der Waals surface area contributed by atoms with Crippen LogP contribution in [-0.4, -0.2) is 25.0 Å². The molecule has 0 saturated carbocycles. The van der Waals surface area contributed by atoms with Gasteiger partial charge < -0.3 is 20.5 Å². The minimum absolute atomic E-state index is 0.0385. The fourth-order valence-electron chi connectivity index (χ4n) is 1.81. The van der Waals surface area contributed by atoms with Gasteiger partial charge in [-0.05, 0) is 36.4 Å². The van der Waals surface area contributed by atoms with Crippen LogP contribution >= 0.6 is 0 Å². The van der Waals surface area contributed by atoms with Crippen molar-refractivity contribution in [3.63, 3.8) is 0 Å². The maximum atomic E-state index is 12.1. The number of nitrogens with two attached hydrogens (primary N) is 1. The van der Waals surface area contributed by atoms with Gasteiger partial charge in [-0.25, -0.2) is 0 Å². The molecule has 2 aromatic rings. The zero-order valence-corrected chi connectivity index (χ0v) is 12.4. The van der Waals surface area contributed by atoms with Crippen LogP contribution < -0.4 is 20.5 Å². The lowest BCUT2D eigenvalue weighted by Crippen LogP contribution is -2.20. The largest absolute Gasteiger partial charge is 0.484 e. The van der Waals surface area contributed by atoms with E-state index in [4.69, 9.17) is 10.5 Å². The lowest BCUT2D eigenvalue weighted by Gasteiger charge is -2.09. The number of carbonyl (C=O) groups excluding carboxylic acids is 2. The van der Waals surface area contributed by atoms with E-state index in [0.717, 1.165) is 0 Å². The van der Waals surface area contributed by atoms with Crippen molar-refractivity contribution in [3.05, 3.63) is 54.1 Å². The number of ether oxygens (including phenoxy) is 2. The van der Waals surface area contributed by atoms with E-state index in [2.05, 4.69) is 10.1 Å². The highest BCUT2D eigenvalue weighted by Crippen LogP contribution is 2.19. The quantitative estimate of drug-likeness (QED) is 0.812. The molecule has 24 heavy (non-hydrogen) atoms. The molecule has 0 heterocycles. The van der Waals surface area contributed by atoms with Crippen molar-refractivity contribution in [3.8, 4) is 11.5 Å². The number of benzene rings is 2. The van der Waals surface area contributed by atoms with Gasteiger partial charge in [0, 0.05) is 17.3 Å². The third kappa shape index (κ3) is 5.24. The Morgan fingerprint density at radius 2 is 1.79 bits per heavy atom. The Morgan fingerprint density at radius 1 is 1.08 bits per heavy atom. The number of nitrogens with one attached hydrogen (secondary N) is 1. The van der Waals surface area contributed by atoms with E-state index in [9.17, 15) is 18.4 Å². The summed E-state index contributed by atoms with van der Waals surface area (Å²) in [6.07, 6.45) is 0. The van der Waals surface area contributed by atoms with E-state index in [1.54, 1.807) is 18.2 Å². The predicted octanol–water partition coefficient (Wildman–Crippen LogP) is 2.40. The summed E-state index contributed by atoms with van der Waals surface area (Å²) in [5, 5.41) is 2.62. The lowest BCUT2D eigenvalue weighted by molar-refractivity contribution is -0.119. The number of hydrogen-bond acceptors (Lipinski definition) is 4. The van der Waals surface area contributed by atoms with Crippen molar-refractivity contribution >= 4 is 17.5 Å². The highest BCUT2D eigenvalue weighted by atomic mass is 19.3. The van der Waals surface area contributed by atoms with Crippen molar-refractivity contribution in [1.82, 2.24) is 0 Å². The Labute approximate surface area is 136 Å². The van der Waals surface area contributed by atoms with Crippen LogP contribution in [0.3, 0.4) is 0 Å². The van der Waals surface area contributed by atoms with Gasteiger partial charge in [0.2, 0.25) is 0 Å². The van der Waals surface area contributed by atoms with Crippen molar-refractivity contribution in [2.75, 3.05) is 11.9 Å². The number of hydrogen-bond donors (Lipinski definition) is 2. The Bertz CT molecular complexity index is 720. The Kier molecular flexibility index (Phi) is 5.67. The summed E-state index contributed by atoms with van der Waals surface area (Å²) in [6.45, 7) is -3.20. The smallest absolute Gasteiger partial charge is 0.387 e. The molecule has 8 heteroatoms. The minimum atomic E-state index is -2.92. The molecule has 0 radical (unpaired) electrons. The van der Waals surface area contributed by atoms with Crippen LogP contribution in [-0.2, 0) is 4.79 Å². The standard InChI is InChI=1S/C16H14F2N2O4/c17-16(18)24-12-6-4-10(5-7-12)15(22)20-11-2-1-3-13(8-11)23-9-14(19)21/h1-8,16H,9H2,(H2,19,21)(H,20,22). The average Bonchev–Trinajstić information content (AvgIpc) is 2.53. The molecule has 0 aromatic heterocycles. The van der Waals surface area contributed by atoms with Crippen LogP contribution in [0.2, 0.25) is 0 Å². The lowest BCUT2D eigenvalue weighted by atomic mass is 10.2. The summed E-state index contributed by atoms with van der Waals surface area (Å²) in [6, 6.07) is 11.7. The molecule has 0 spiro atoms. The number of primary amides is 1. The number of halogens is 2. The minimum Gasteiger partial charge on any atom is -0.484 e. The number of rotatable bonds is 7. The summed E-state index contributed by atoms with van der Waals surface area (Å²) < 4.78 is 33.5. The molecule has 0 atom stereocenters.